The first-order valence-electron chi connectivity index (χ1n) is 6.58. The molecule has 0 aliphatic carbocycles. The number of ether oxygens (including phenoxy) is 1. The zero-order valence-corrected chi connectivity index (χ0v) is 13.3. The largest absolute Gasteiger partial charge is 0.452 e. The Balaban J connectivity index is 2.64. The number of carbonyl (C=O) groups excluding carboxylic acids is 2. The van der Waals surface area contributed by atoms with Crippen molar-refractivity contribution in [3.05, 3.63) is 53.6 Å². The number of amides is 1. The van der Waals surface area contributed by atoms with Crippen molar-refractivity contribution >= 4 is 22.4 Å². The van der Waals surface area contributed by atoms with Crippen LogP contribution in [0.2, 0.25) is 0 Å². The van der Waals surface area contributed by atoms with Crippen LogP contribution in [0.15, 0.2) is 47.4 Å². The lowest BCUT2D eigenvalue weighted by Crippen LogP contribution is -2.30. The number of nitrogens with one attached hydrogen (secondary N) is 1. The third-order valence-corrected chi connectivity index (χ3v) is 4.68. The van der Waals surface area contributed by atoms with Gasteiger partial charge in [0.2, 0.25) is 6.29 Å². The fourth-order valence-corrected chi connectivity index (χ4v) is 3.31. The van der Waals surface area contributed by atoms with Crippen molar-refractivity contribution in [3.8, 4) is 11.1 Å². The van der Waals surface area contributed by atoms with Crippen LogP contribution >= 0.6 is 0 Å². The van der Waals surface area contributed by atoms with Crippen LogP contribution in [-0.4, -0.2) is 27.9 Å². The summed E-state index contributed by atoms with van der Waals surface area (Å²) in [4.78, 5) is 22.1. The van der Waals surface area contributed by atoms with E-state index in [1.165, 1.54) is 6.07 Å². The molecule has 2 aromatic carbocycles. The van der Waals surface area contributed by atoms with Crippen LogP contribution in [0.1, 0.15) is 11.1 Å². The molecule has 2 rings (SSSR count). The standard InChI is InChI=1S/C16H14NO5S/c1-11-12(10-18)6-5-8-13(11)14-7-3-4-9-15(14)23(20,21)17-16(19)22-2/h3-9H,1-2H3,(H,17,19). The van der Waals surface area contributed by atoms with Crippen molar-refractivity contribution in [3.63, 3.8) is 0 Å². The lowest BCUT2D eigenvalue weighted by Gasteiger charge is -2.13. The second kappa shape index (κ2) is 6.62. The normalized spacial score (nSPS) is 10.9. The predicted octanol–water partition coefficient (Wildman–Crippen LogP) is 2.16. The summed E-state index contributed by atoms with van der Waals surface area (Å²) in [6.45, 7) is 1.70. The predicted molar refractivity (Wildman–Crippen MR) is 84.1 cm³/mol. The maximum atomic E-state index is 12.4. The molecule has 0 heterocycles. The molecule has 0 aromatic heterocycles. The monoisotopic (exact) mass is 332 g/mol. The topological polar surface area (TPSA) is 89.5 Å². The quantitative estimate of drug-likeness (QED) is 0.927. The molecule has 6 nitrogen and oxygen atoms in total. The number of hydrogen-bond acceptors (Lipinski definition) is 5. The van der Waals surface area contributed by atoms with E-state index in [2.05, 4.69) is 4.74 Å². The molecule has 7 heteroatoms. The molecule has 0 spiro atoms. The molecule has 1 N–H and O–H groups in total. The summed E-state index contributed by atoms with van der Waals surface area (Å²) >= 11 is 0. The van der Waals surface area contributed by atoms with Crippen molar-refractivity contribution < 1.29 is 22.7 Å². The zero-order chi connectivity index (χ0) is 17.0. The van der Waals surface area contributed by atoms with Gasteiger partial charge >= 0.3 is 6.09 Å². The van der Waals surface area contributed by atoms with Gasteiger partial charge in [-0.15, -0.1) is 0 Å². The molecule has 0 bridgehead atoms. The Labute approximate surface area is 134 Å². The minimum Gasteiger partial charge on any atom is -0.452 e. The molecular formula is C16H14NO5S. The second-order valence-electron chi connectivity index (χ2n) is 4.67. The third kappa shape index (κ3) is 3.40. The summed E-state index contributed by atoms with van der Waals surface area (Å²) in [6.07, 6.45) is 0.738. The van der Waals surface area contributed by atoms with E-state index in [-0.39, 0.29) is 4.90 Å². The first-order chi connectivity index (χ1) is 10.9. The highest BCUT2D eigenvalue weighted by molar-refractivity contribution is 7.90. The van der Waals surface area contributed by atoms with E-state index in [4.69, 9.17) is 0 Å². The number of hydrogen-bond donors (Lipinski definition) is 1. The summed E-state index contributed by atoms with van der Waals surface area (Å²) in [5.74, 6) is 0. The highest BCUT2D eigenvalue weighted by atomic mass is 32.2. The Morgan fingerprint density at radius 1 is 1.09 bits per heavy atom. The number of methoxy groups -OCH3 is 1. The molecule has 0 aliphatic heterocycles. The van der Waals surface area contributed by atoms with Crippen molar-refractivity contribution in [1.82, 2.24) is 4.72 Å². The lowest BCUT2D eigenvalue weighted by atomic mass is 9.97. The summed E-state index contributed by atoms with van der Waals surface area (Å²) < 4.78 is 30.9. The lowest BCUT2D eigenvalue weighted by molar-refractivity contribution is 0.177. The molecular weight excluding hydrogens is 318 g/mol. The molecule has 1 amide bonds. The van der Waals surface area contributed by atoms with Gasteiger partial charge in [-0.25, -0.2) is 17.9 Å². The van der Waals surface area contributed by atoms with Crippen LogP contribution in [0.5, 0.6) is 0 Å². The number of benzene rings is 2. The fraction of sp³-hybridized carbons (Fsp3) is 0.125. The van der Waals surface area contributed by atoms with Gasteiger partial charge in [-0.2, -0.15) is 0 Å². The van der Waals surface area contributed by atoms with Gasteiger partial charge in [0.05, 0.1) is 12.0 Å². The fourth-order valence-electron chi connectivity index (χ4n) is 2.17. The maximum absolute atomic E-state index is 12.4. The van der Waals surface area contributed by atoms with E-state index >= 15 is 0 Å². The SMILES string of the molecule is COC(=O)NS(=O)(=O)c1ccccc1-c1cccc([C]=O)c1C. The Bertz CT molecular complexity index is 859. The molecule has 0 aliphatic rings. The zero-order valence-electron chi connectivity index (χ0n) is 12.5. The molecule has 0 unspecified atom stereocenters. The molecule has 0 fully saturated rings. The van der Waals surface area contributed by atoms with Gasteiger partial charge in [-0.3, -0.25) is 4.79 Å². The van der Waals surface area contributed by atoms with Gasteiger partial charge in [0.1, 0.15) is 0 Å². The van der Waals surface area contributed by atoms with Crippen molar-refractivity contribution in [1.29, 1.82) is 0 Å². The molecule has 0 saturated carbocycles. The van der Waals surface area contributed by atoms with Crippen LogP contribution in [0.3, 0.4) is 0 Å². The minimum atomic E-state index is -4.11. The van der Waals surface area contributed by atoms with E-state index < -0.39 is 16.1 Å². The maximum Gasteiger partial charge on any atom is 0.420 e. The van der Waals surface area contributed by atoms with Gasteiger partial charge < -0.3 is 4.74 Å². The molecule has 1 radical (unpaired) electrons. The molecule has 23 heavy (non-hydrogen) atoms. The highest BCUT2D eigenvalue weighted by Gasteiger charge is 2.22. The summed E-state index contributed by atoms with van der Waals surface area (Å²) in [5, 5.41) is 0. The summed E-state index contributed by atoms with van der Waals surface area (Å²) in [6, 6.07) is 11.1. The van der Waals surface area contributed by atoms with Crippen molar-refractivity contribution in [2.24, 2.45) is 0 Å². The minimum absolute atomic E-state index is 0.0865. The average Bonchev–Trinajstić information content (AvgIpc) is 2.54. The smallest absolute Gasteiger partial charge is 0.420 e. The van der Waals surface area contributed by atoms with Crippen molar-refractivity contribution in [2.45, 2.75) is 11.8 Å². The van der Waals surface area contributed by atoms with E-state index in [1.54, 1.807) is 43.3 Å². The van der Waals surface area contributed by atoms with Crippen LogP contribution in [0.25, 0.3) is 11.1 Å². The van der Waals surface area contributed by atoms with Gasteiger partial charge in [-0.05, 0) is 24.1 Å². The van der Waals surface area contributed by atoms with E-state index in [9.17, 15) is 18.0 Å². The van der Waals surface area contributed by atoms with E-state index in [0.717, 1.165) is 7.11 Å². The van der Waals surface area contributed by atoms with Crippen LogP contribution in [0, 0.1) is 6.92 Å². The van der Waals surface area contributed by atoms with E-state index in [1.807, 2.05) is 11.0 Å². The molecule has 0 saturated heterocycles. The Kier molecular flexibility index (Phi) is 4.80. The third-order valence-electron chi connectivity index (χ3n) is 3.31. The van der Waals surface area contributed by atoms with Gasteiger partial charge in [0.15, 0.2) is 0 Å². The first-order valence-corrected chi connectivity index (χ1v) is 8.07. The number of carbonyl (C=O) groups is 1. The summed E-state index contributed by atoms with van der Waals surface area (Å²) in [7, 11) is -3.04. The van der Waals surface area contributed by atoms with Crippen molar-refractivity contribution in [2.75, 3.05) is 7.11 Å². The first kappa shape index (κ1) is 16.7. The van der Waals surface area contributed by atoms with Gasteiger partial charge in [-0.1, -0.05) is 36.4 Å². The highest BCUT2D eigenvalue weighted by Crippen LogP contribution is 2.30. The van der Waals surface area contributed by atoms with Crippen LogP contribution < -0.4 is 4.72 Å². The van der Waals surface area contributed by atoms with Gasteiger partial charge in [0.25, 0.3) is 10.0 Å². The number of sulfonamides is 1. The Hall–Kier alpha value is -2.67. The molecule has 2 aromatic rings. The van der Waals surface area contributed by atoms with Gasteiger partial charge in [0, 0.05) is 11.1 Å². The molecule has 0 atom stereocenters. The second-order valence-corrected chi connectivity index (χ2v) is 6.32. The van der Waals surface area contributed by atoms with E-state index in [0.29, 0.717) is 22.3 Å². The summed E-state index contributed by atoms with van der Waals surface area (Å²) in [5.41, 5.74) is 1.88. The molecule has 119 valence electrons. The number of rotatable bonds is 4. The Morgan fingerprint density at radius 3 is 2.39 bits per heavy atom. The average molecular weight is 332 g/mol. The Morgan fingerprint density at radius 2 is 1.74 bits per heavy atom. The van der Waals surface area contributed by atoms with Crippen LogP contribution in [-0.2, 0) is 19.6 Å². The van der Waals surface area contributed by atoms with Crippen LogP contribution in [0.4, 0.5) is 4.79 Å².